The molecule has 0 fully saturated rings. The second-order valence-corrected chi connectivity index (χ2v) is 5.44. The number of fused-ring (bicyclic) bond motifs is 1. The van der Waals surface area contributed by atoms with Crippen LogP contribution in [0.3, 0.4) is 0 Å². The molecule has 5 heteroatoms. The molecular weight excluding hydrogens is 301 g/mol. The third-order valence-corrected chi connectivity index (χ3v) is 4.13. The molecule has 0 saturated carbocycles. The van der Waals surface area contributed by atoms with E-state index in [1.165, 1.54) is 0 Å². The Kier molecular flexibility index (Phi) is 5.63. The Bertz CT molecular complexity index is 727. The van der Waals surface area contributed by atoms with Crippen LogP contribution in [0, 0.1) is 0 Å². The van der Waals surface area contributed by atoms with E-state index in [1.807, 2.05) is 43.3 Å². The molecular formula is C18H18NNaO3. The molecule has 1 amide bonds. The van der Waals surface area contributed by atoms with E-state index in [0.717, 1.165) is 22.4 Å². The van der Waals surface area contributed by atoms with Crippen LogP contribution < -0.4 is 4.90 Å². The number of hydrogen-bond donors (Lipinski definition) is 1. The first-order valence-corrected chi connectivity index (χ1v) is 7.34. The van der Waals surface area contributed by atoms with Crippen LogP contribution in [0.25, 0.3) is 0 Å². The van der Waals surface area contributed by atoms with E-state index in [2.05, 4.69) is 0 Å². The fourth-order valence-corrected chi connectivity index (χ4v) is 2.90. The molecule has 0 bridgehead atoms. The first-order valence-electron chi connectivity index (χ1n) is 7.34. The van der Waals surface area contributed by atoms with Gasteiger partial charge in [0.15, 0.2) is 0 Å². The summed E-state index contributed by atoms with van der Waals surface area (Å²) in [6.45, 7) is 2.41. The molecule has 1 aliphatic heterocycles. The van der Waals surface area contributed by atoms with Crippen molar-refractivity contribution in [1.29, 1.82) is 0 Å². The van der Waals surface area contributed by atoms with E-state index in [9.17, 15) is 14.7 Å². The van der Waals surface area contributed by atoms with Crippen LogP contribution in [0.4, 0.5) is 5.69 Å². The molecule has 0 radical (unpaired) electrons. The summed E-state index contributed by atoms with van der Waals surface area (Å²) in [5.41, 5.74) is 3.32. The third kappa shape index (κ3) is 3.34. The van der Waals surface area contributed by atoms with Crippen molar-refractivity contribution < 1.29 is 14.7 Å². The van der Waals surface area contributed by atoms with Crippen molar-refractivity contribution in [1.82, 2.24) is 0 Å². The van der Waals surface area contributed by atoms with Gasteiger partial charge >= 0.3 is 35.5 Å². The average Bonchev–Trinajstić information content (AvgIpc) is 2.86. The summed E-state index contributed by atoms with van der Waals surface area (Å²) in [6.07, 6.45) is 0.544. The van der Waals surface area contributed by atoms with Gasteiger partial charge in [-0.2, -0.15) is 0 Å². The van der Waals surface area contributed by atoms with Crippen LogP contribution in [0.1, 0.15) is 40.7 Å². The van der Waals surface area contributed by atoms with Gasteiger partial charge in [-0.05, 0) is 35.7 Å². The molecule has 0 saturated heterocycles. The number of nitrogens with zero attached hydrogens (tertiary/aromatic N) is 1. The van der Waals surface area contributed by atoms with Gasteiger partial charge in [0.25, 0.3) is 5.91 Å². The molecule has 0 aromatic heterocycles. The Morgan fingerprint density at radius 3 is 2.39 bits per heavy atom. The number of carboxylic acids is 1. The van der Waals surface area contributed by atoms with Crippen molar-refractivity contribution in [3.8, 4) is 0 Å². The molecule has 1 aliphatic rings. The SMILES string of the molecule is CCC(C(=O)O)c1ccc(N2Cc3ccccc3C2=O)cc1.[NaH]. The Labute approximate surface area is 157 Å². The Hall–Kier alpha value is -1.62. The van der Waals surface area contributed by atoms with Crippen molar-refractivity contribution in [2.24, 2.45) is 0 Å². The number of carboxylic acid groups (broad SMARTS) is 1. The van der Waals surface area contributed by atoms with Crippen LogP contribution in [0.2, 0.25) is 0 Å². The van der Waals surface area contributed by atoms with Gasteiger partial charge in [0, 0.05) is 11.3 Å². The molecule has 1 heterocycles. The number of carbonyl (C=O) groups is 2. The molecule has 0 spiro atoms. The number of benzene rings is 2. The van der Waals surface area contributed by atoms with Crippen LogP contribution in [-0.4, -0.2) is 46.5 Å². The number of hydrogen-bond acceptors (Lipinski definition) is 2. The van der Waals surface area contributed by atoms with Gasteiger partial charge in [-0.15, -0.1) is 0 Å². The Morgan fingerprint density at radius 1 is 1.17 bits per heavy atom. The fraction of sp³-hybridized carbons (Fsp3) is 0.222. The second-order valence-electron chi connectivity index (χ2n) is 5.44. The van der Waals surface area contributed by atoms with Gasteiger partial charge in [0.2, 0.25) is 0 Å². The van der Waals surface area contributed by atoms with E-state index in [4.69, 9.17) is 0 Å². The van der Waals surface area contributed by atoms with Gasteiger partial charge in [-0.25, -0.2) is 0 Å². The van der Waals surface area contributed by atoms with E-state index < -0.39 is 11.9 Å². The predicted octanol–water partition coefficient (Wildman–Crippen LogP) is 2.78. The molecule has 3 rings (SSSR count). The molecule has 114 valence electrons. The van der Waals surface area contributed by atoms with Crippen LogP contribution in [0.5, 0.6) is 0 Å². The third-order valence-electron chi connectivity index (χ3n) is 4.13. The molecule has 1 N–H and O–H groups in total. The van der Waals surface area contributed by atoms with E-state index in [1.54, 1.807) is 17.0 Å². The van der Waals surface area contributed by atoms with Gasteiger partial charge in [0.05, 0.1) is 12.5 Å². The fourth-order valence-electron chi connectivity index (χ4n) is 2.90. The maximum atomic E-state index is 12.4. The summed E-state index contributed by atoms with van der Waals surface area (Å²) in [7, 11) is 0. The van der Waals surface area contributed by atoms with Crippen molar-refractivity contribution >= 4 is 47.1 Å². The average molecular weight is 319 g/mol. The zero-order valence-electron chi connectivity index (χ0n) is 12.3. The number of carbonyl (C=O) groups excluding carboxylic acids is 1. The van der Waals surface area contributed by atoms with E-state index in [0.29, 0.717) is 13.0 Å². The Balaban J connectivity index is 0.00000192. The van der Waals surface area contributed by atoms with Crippen molar-refractivity contribution in [2.45, 2.75) is 25.8 Å². The van der Waals surface area contributed by atoms with Crippen LogP contribution in [0.15, 0.2) is 48.5 Å². The monoisotopic (exact) mass is 319 g/mol. The van der Waals surface area contributed by atoms with E-state index in [-0.39, 0.29) is 35.5 Å². The first-order chi connectivity index (χ1) is 10.6. The standard InChI is InChI=1S/C18H17NO3.Na.H/c1-2-15(18(21)22)12-7-9-14(10-8-12)19-11-13-5-3-4-6-16(13)17(19)20;;/h3-10,15H,2,11H2,1H3,(H,21,22);;. The summed E-state index contributed by atoms with van der Waals surface area (Å²) in [5, 5.41) is 9.20. The number of amides is 1. The predicted molar refractivity (Wildman–Crippen MR) is 91.2 cm³/mol. The molecule has 2 aromatic rings. The second kappa shape index (κ2) is 7.30. The maximum absolute atomic E-state index is 12.4. The zero-order chi connectivity index (χ0) is 15.7. The van der Waals surface area contributed by atoms with E-state index >= 15 is 0 Å². The van der Waals surface area contributed by atoms with Gasteiger partial charge in [0.1, 0.15) is 0 Å². The van der Waals surface area contributed by atoms with Gasteiger partial charge < -0.3 is 10.0 Å². The summed E-state index contributed by atoms with van der Waals surface area (Å²) in [4.78, 5) is 25.3. The number of aliphatic carboxylic acids is 1. The number of rotatable bonds is 4. The molecule has 23 heavy (non-hydrogen) atoms. The van der Waals surface area contributed by atoms with Crippen LogP contribution in [-0.2, 0) is 11.3 Å². The summed E-state index contributed by atoms with van der Waals surface area (Å²) in [6, 6.07) is 14.8. The molecule has 1 atom stereocenters. The van der Waals surface area contributed by atoms with Crippen molar-refractivity contribution in [3.63, 3.8) is 0 Å². The molecule has 4 nitrogen and oxygen atoms in total. The Morgan fingerprint density at radius 2 is 1.83 bits per heavy atom. The molecule has 2 aromatic carbocycles. The normalized spacial score (nSPS) is 14.1. The zero-order valence-corrected chi connectivity index (χ0v) is 12.3. The van der Waals surface area contributed by atoms with Crippen LogP contribution >= 0.6 is 0 Å². The summed E-state index contributed by atoms with van der Waals surface area (Å²) >= 11 is 0. The van der Waals surface area contributed by atoms with Gasteiger partial charge in [-0.1, -0.05) is 37.3 Å². The quantitative estimate of drug-likeness (QED) is 0.882. The minimum atomic E-state index is -0.820. The van der Waals surface area contributed by atoms with Gasteiger partial charge in [-0.3, -0.25) is 9.59 Å². The molecule has 0 aliphatic carbocycles. The number of anilines is 1. The van der Waals surface area contributed by atoms with Crippen molar-refractivity contribution in [3.05, 3.63) is 65.2 Å². The minimum absolute atomic E-state index is 0. The summed E-state index contributed by atoms with van der Waals surface area (Å²) < 4.78 is 0. The topological polar surface area (TPSA) is 57.6 Å². The van der Waals surface area contributed by atoms with Crippen molar-refractivity contribution in [2.75, 3.05) is 4.90 Å². The first kappa shape index (κ1) is 17.7. The summed E-state index contributed by atoms with van der Waals surface area (Å²) in [5.74, 6) is -1.32. The molecule has 1 unspecified atom stereocenters.